The predicted octanol–water partition coefficient (Wildman–Crippen LogP) is 13.2. The van der Waals surface area contributed by atoms with Crippen LogP contribution in [-0.4, -0.2) is 294 Å². The number of hydrogen-bond acceptors (Lipinski definition) is 26. The van der Waals surface area contributed by atoms with Crippen molar-refractivity contribution in [3.05, 3.63) is 59.7 Å². The van der Waals surface area contributed by atoms with E-state index in [9.17, 15) is 88.0 Å². The maximum Gasteiger partial charge on any atom is 0.469 e. The Labute approximate surface area is 836 Å². The van der Waals surface area contributed by atoms with Crippen molar-refractivity contribution in [1.29, 1.82) is 0 Å². The number of allylic oxidation sites excluding steroid dienone is 1. The van der Waals surface area contributed by atoms with Gasteiger partial charge in [-0.2, -0.15) is 0 Å². The zero-order valence-corrected chi connectivity index (χ0v) is 93.2. The molecule has 1 aromatic rings. The molecule has 0 aromatic heterocycles. The number of ketones is 1. The number of phosphoric acid groups is 1. The molecule has 0 bridgehead atoms. The molecule has 1 aromatic carbocycles. The molecule has 0 saturated carbocycles. The Morgan fingerprint density at radius 2 is 0.878 bits per heavy atom. The first-order chi connectivity index (χ1) is 63.6. The number of nitrogens with zero attached hydrogens (tertiary/aromatic N) is 4. The second-order valence-electron chi connectivity index (χ2n) is 39.8. The van der Waals surface area contributed by atoms with E-state index >= 15 is 0 Å². The SMILES string of the molecule is C=C(C)C(=O)CCCNC(=O)C(C)(C)CC.C=C(C)C(=O)OCCCC(=O)N(C)CCOC(=O)C(C)(C)CC.CCC(C)(C)C(=O)NCCN.CCC(C)(C)C(=O)NCC[N+](C)(C)CCCS(=O)(=O)[O-].CCC(C)(C)C(=O)OCCOP(=O)(O)O.CCC(C)C(=O)NCCC[N+](C)(C)CCCCCS(=O)(=O)[O-].CCC(C)c1ccc(CN(CC(=O)O)CC(=O)O)cc1.CCCCOC(=O)C(C)(C)CC. The van der Waals surface area contributed by atoms with Gasteiger partial charge in [0.15, 0.2) is 5.78 Å². The lowest BCUT2D eigenvalue weighted by Crippen LogP contribution is -2.48. The molecule has 814 valence electrons. The quantitative estimate of drug-likeness (QED) is 0.00556. The number of aliphatic carboxylic acids is 2. The van der Waals surface area contributed by atoms with Crippen LogP contribution >= 0.6 is 7.82 Å². The number of unbranched alkanes of at least 4 members (excludes halogenated alkanes) is 3. The van der Waals surface area contributed by atoms with Gasteiger partial charge in [-0.25, -0.2) is 26.2 Å². The van der Waals surface area contributed by atoms with Crippen molar-refractivity contribution >= 4 is 99.2 Å². The highest BCUT2D eigenvalue weighted by Crippen LogP contribution is 2.35. The third kappa shape index (κ3) is 81.4. The molecular weight excluding hydrogens is 1860 g/mol. The Morgan fingerprint density at radius 3 is 1.27 bits per heavy atom. The third-order valence-electron chi connectivity index (χ3n) is 23.5. The van der Waals surface area contributed by atoms with Crippen LogP contribution in [0.5, 0.6) is 0 Å². The van der Waals surface area contributed by atoms with Crippen molar-refractivity contribution in [2.75, 3.05) is 158 Å². The first-order valence-corrected chi connectivity index (χ1v) is 53.3. The summed E-state index contributed by atoms with van der Waals surface area (Å²) in [4.78, 5) is 156. The number of phosphoric ester groups is 1. The molecule has 5 amide bonds. The van der Waals surface area contributed by atoms with Crippen molar-refractivity contribution in [2.24, 2.45) is 44.1 Å². The third-order valence-corrected chi connectivity index (χ3v) is 25.6. The predicted molar refractivity (Wildman–Crippen MR) is 544 cm³/mol. The number of benzene rings is 1. The minimum atomic E-state index is -4.46. The van der Waals surface area contributed by atoms with Crippen LogP contribution in [0.1, 0.15) is 312 Å². The molecule has 10 N–H and O–H groups in total. The first kappa shape index (κ1) is 144. The average molecular weight is 2050 g/mol. The maximum absolute atomic E-state index is 11.9. The normalized spacial score (nSPS) is 12.2. The van der Waals surface area contributed by atoms with E-state index in [4.69, 9.17) is 44.7 Å². The number of rotatable bonds is 61. The van der Waals surface area contributed by atoms with E-state index in [0.717, 1.165) is 93.8 Å². The molecule has 0 aliphatic rings. The molecular formula is C99H188N9O28PS2. The molecule has 37 nitrogen and oxygen atoms in total. The van der Waals surface area contributed by atoms with Crippen LogP contribution in [0, 0.1) is 38.4 Å². The second-order valence-corrected chi connectivity index (χ2v) is 44.1. The summed E-state index contributed by atoms with van der Waals surface area (Å²) in [5.74, 6) is -2.99. The lowest BCUT2D eigenvalue weighted by molar-refractivity contribution is -0.890. The molecule has 0 fully saturated rings. The molecule has 0 radical (unpaired) electrons. The number of ether oxygens (including phenoxy) is 4. The summed E-state index contributed by atoms with van der Waals surface area (Å²) in [6.45, 7) is 61.5. The fourth-order valence-corrected chi connectivity index (χ4v) is 11.6. The van der Waals surface area contributed by atoms with Gasteiger partial charge in [0.25, 0.3) is 0 Å². The van der Waals surface area contributed by atoms with Gasteiger partial charge in [-0.3, -0.25) is 62.2 Å². The molecule has 0 saturated heterocycles. The van der Waals surface area contributed by atoms with Crippen molar-refractivity contribution in [3.8, 4) is 0 Å². The highest BCUT2D eigenvalue weighted by Gasteiger charge is 2.32. The molecule has 139 heavy (non-hydrogen) atoms. The van der Waals surface area contributed by atoms with Gasteiger partial charge >= 0.3 is 43.6 Å². The van der Waals surface area contributed by atoms with E-state index in [0.29, 0.717) is 132 Å². The van der Waals surface area contributed by atoms with Crippen LogP contribution in [0.25, 0.3) is 0 Å². The van der Waals surface area contributed by atoms with Gasteiger partial charge in [-0.05, 0) is 168 Å². The summed E-state index contributed by atoms with van der Waals surface area (Å²) in [7, 11) is -2.86. The van der Waals surface area contributed by atoms with Crippen LogP contribution in [0.3, 0.4) is 0 Å². The second kappa shape index (κ2) is 75.1. The van der Waals surface area contributed by atoms with Crippen molar-refractivity contribution in [3.63, 3.8) is 0 Å². The number of esters is 4. The number of likely N-dealkylation sites (N-methyl/N-ethyl adjacent to an activating group) is 2. The number of quaternary nitrogens is 2. The lowest BCUT2D eigenvalue weighted by atomic mass is 9.89. The van der Waals surface area contributed by atoms with E-state index in [1.165, 1.54) is 15.4 Å². The summed E-state index contributed by atoms with van der Waals surface area (Å²) in [6.07, 6.45) is 13.8. The Bertz CT molecular complexity index is 4020. The van der Waals surface area contributed by atoms with Crippen LogP contribution in [0.15, 0.2) is 48.6 Å². The number of carbonyl (C=O) groups excluding carboxylic acids is 10. The number of hydrogen-bond donors (Lipinski definition) is 9. The summed E-state index contributed by atoms with van der Waals surface area (Å²) in [5.41, 5.74) is 5.98. The topological polar surface area (TPSA) is 544 Å². The molecule has 0 heterocycles. The minimum absolute atomic E-state index is 0.0298. The lowest BCUT2D eigenvalue weighted by Gasteiger charge is -2.31. The van der Waals surface area contributed by atoms with Crippen molar-refractivity contribution in [2.45, 2.75) is 308 Å². The minimum Gasteiger partial charge on any atom is -0.748 e. The highest BCUT2D eigenvalue weighted by atomic mass is 32.2. The summed E-state index contributed by atoms with van der Waals surface area (Å²) < 4.78 is 98.9. The number of carboxylic acids is 2. The van der Waals surface area contributed by atoms with E-state index in [1.807, 2.05) is 163 Å². The summed E-state index contributed by atoms with van der Waals surface area (Å²) >= 11 is 0. The number of carboxylic acid groups (broad SMARTS) is 2. The van der Waals surface area contributed by atoms with E-state index in [-0.39, 0.29) is 132 Å². The molecule has 1 rings (SSSR count). The van der Waals surface area contributed by atoms with Gasteiger partial charge in [0.1, 0.15) is 13.2 Å². The number of Topliss-reactive ketones (excluding diaryl/α,β-unsaturated/α-hetero) is 1. The molecule has 2 atom stereocenters. The zero-order valence-electron chi connectivity index (χ0n) is 90.7. The van der Waals surface area contributed by atoms with E-state index in [2.05, 4.69) is 73.8 Å². The van der Waals surface area contributed by atoms with Crippen LogP contribution in [0.2, 0.25) is 0 Å². The van der Waals surface area contributed by atoms with E-state index in [1.54, 1.807) is 34.7 Å². The standard InChI is InChI=1S/C17H29NO5.C15H32N2O4S.C15H21NO4.C13H28N2O4S.C13H23NO2.C10H20O2.C8H18N2O.C8H17O6P/c1-7-17(4,5)16(21)23-12-10-18(6)14(19)9-8-11-22-15(20)13(2)3;1-5-14(2)15(18)16-10-9-12-17(3,4)11-7-6-8-13-22(19,20)21;1-3-11(2)13-6-4-12(5-7-13)8-16(9-14(17)18)10-15(19)20;1-6-13(2,3)12(16)14-8-10-15(4,5)9-7-11-20(17,18)19;1-6-13(4,5)12(16)14-9-7-8-11(15)10(2)3;1-5-7-8-12-9(11)10(3,4)6-2;1-4-8(2,3)7(11)10-6-5-9;1-4-8(2,3)7(9)13-5-6-14-15(10,11)12/h2,7-12H2,1,3-6H3;14H,5-13H2,1-4H3,(H-,16,18,19,20,21);4-7,11H,3,8-10H2,1-2H3,(H,17,18)(H,19,20);6-11H2,1-5H3,(H-,14,16,17,18,19);2,6-9H2,1,3-5H3,(H,14,16);5-8H2,1-4H3;4-6,9H2,1-3H3,(H,10,11);4-6H2,1-3H3,(H2,10,11,12). The van der Waals surface area contributed by atoms with Crippen LogP contribution in [-0.2, 0) is 112 Å². The largest absolute Gasteiger partial charge is 0.748 e. The molecule has 0 aliphatic carbocycles. The Kier molecular flexibility index (Phi) is 78.0. The molecule has 0 aliphatic heterocycles. The van der Waals surface area contributed by atoms with Gasteiger partial charge in [0.2, 0.25) is 29.5 Å². The van der Waals surface area contributed by atoms with Crippen molar-refractivity contribution < 1.29 is 140 Å². The van der Waals surface area contributed by atoms with Gasteiger partial charge in [0.05, 0.1) is 137 Å². The summed E-state index contributed by atoms with van der Waals surface area (Å²) in [6, 6.07) is 7.89. The van der Waals surface area contributed by atoms with Gasteiger partial charge in [-0.1, -0.05) is 162 Å². The highest BCUT2D eigenvalue weighted by molar-refractivity contribution is 7.85. The van der Waals surface area contributed by atoms with Gasteiger partial charge in [0, 0.05) is 105 Å². The summed E-state index contributed by atoms with van der Waals surface area (Å²) in [5, 5.41) is 29.0. The van der Waals surface area contributed by atoms with Gasteiger partial charge < -0.3 is 88.9 Å². The van der Waals surface area contributed by atoms with Crippen molar-refractivity contribution in [1.82, 2.24) is 31.1 Å². The monoisotopic (exact) mass is 2050 g/mol. The Morgan fingerprint density at radius 1 is 0.482 bits per heavy atom. The molecule has 40 heteroatoms. The fraction of sp³-hybridized carbons (Fsp3) is 0.778. The number of amides is 5. The average Bonchev–Trinajstić information content (AvgIpc) is 0.878. The Hall–Kier alpha value is -7.69. The van der Waals surface area contributed by atoms with Crippen LogP contribution < -0.4 is 27.0 Å². The smallest absolute Gasteiger partial charge is 0.469 e. The fourth-order valence-electron chi connectivity index (χ4n) is 10.2. The maximum atomic E-state index is 11.9. The zero-order chi connectivity index (χ0) is 110. The molecule has 0 spiro atoms. The Balaban J connectivity index is -0.000000289. The van der Waals surface area contributed by atoms with Crippen LogP contribution in [0.4, 0.5) is 0 Å². The number of nitrogens with two attached hydrogens (primary N) is 1. The number of nitrogens with one attached hydrogen (secondary N) is 4. The number of carbonyl (C=O) groups is 12. The van der Waals surface area contributed by atoms with E-state index < -0.39 is 62.8 Å². The molecule has 2 unspecified atom stereocenters. The van der Waals surface area contributed by atoms with Gasteiger partial charge in [-0.15, -0.1) is 0 Å². The first-order valence-electron chi connectivity index (χ1n) is 48.6.